The highest BCUT2D eigenvalue weighted by Crippen LogP contribution is 2.27. The Morgan fingerprint density at radius 1 is 1.19 bits per heavy atom. The number of hydrogen-bond donors (Lipinski definition) is 0. The average Bonchev–Trinajstić information content (AvgIpc) is 3.18. The molecule has 0 atom stereocenters. The summed E-state index contributed by atoms with van der Waals surface area (Å²) in [6, 6.07) is 8.18. The highest BCUT2D eigenvalue weighted by molar-refractivity contribution is 6.31. The normalized spacial score (nSPS) is 15.1. The molecule has 3 rings (SSSR count). The maximum atomic E-state index is 14.1. The number of nitrogens with zero attached hydrogens (tertiary/aromatic N) is 3. The number of hydrogen-bond acceptors (Lipinski definition) is 3. The molecule has 1 aromatic carbocycles. The van der Waals surface area contributed by atoms with Crippen molar-refractivity contribution in [3.63, 3.8) is 0 Å². The second-order valence-electron chi connectivity index (χ2n) is 8.86. The van der Waals surface area contributed by atoms with E-state index in [-0.39, 0.29) is 24.6 Å². The van der Waals surface area contributed by atoms with Gasteiger partial charge in [-0.2, -0.15) is 0 Å². The van der Waals surface area contributed by atoms with Crippen LogP contribution in [0.15, 0.2) is 36.5 Å². The molecule has 0 spiro atoms. The van der Waals surface area contributed by atoms with Crippen LogP contribution in [0.2, 0.25) is 5.02 Å². The van der Waals surface area contributed by atoms with Crippen LogP contribution in [-0.2, 0) is 11.3 Å². The summed E-state index contributed by atoms with van der Waals surface area (Å²) in [5, 5.41) is 0.296. The topological polar surface area (TPSA) is 54.8 Å². The van der Waals surface area contributed by atoms with Crippen molar-refractivity contribution in [1.29, 1.82) is 0 Å². The number of carbonyl (C=O) groups excluding carboxylic acids is 2. The Bertz CT molecular complexity index is 926. The van der Waals surface area contributed by atoms with Gasteiger partial charge in [-0.05, 0) is 57.9 Å². The molecule has 0 radical (unpaired) electrons. The SMILES string of the molecule is CN(Cc1c(F)cccc1Cl)C(=O)c1cccn1C1CCN(C(=O)OC(C)(C)C)CC1. The highest BCUT2D eigenvalue weighted by Gasteiger charge is 2.29. The smallest absolute Gasteiger partial charge is 0.410 e. The predicted octanol–water partition coefficient (Wildman–Crippen LogP) is 5.12. The number of benzene rings is 1. The molecule has 0 aliphatic carbocycles. The third kappa shape index (κ3) is 5.58. The maximum absolute atomic E-state index is 14.1. The molecule has 1 fully saturated rings. The third-order valence-electron chi connectivity index (χ3n) is 5.31. The first kappa shape index (κ1) is 23.1. The van der Waals surface area contributed by atoms with Crippen molar-refractivity contribution in [2.75, 3.05) is 20.1 Å². The van der Waals surface area contributed by atoms with Crippen molar-refractivity contribution >= 4 is 23.6 Å². The van der Waals surface area contributed by atoms with Crippen LogP contribution in [0.5, 0.6) is 0 Å². The van der Waals surface area contributed by atoms with Crippen molar-refractivity contribution in [3.05, 3.63) is 58.6 Å². The van der Waals surface area contributed by atoms with Crippen LogP contribution in [0.1, 0.15) is 55.7 Å². The standard InChI is InChI=1S/C23H29ClFN3O3/c1-23(2,3)31-22(30)27-13-10-16(11-14-27)28-12-6-9-20(28)21(29)26(4)15-17-18(24)7-5-8-19(17)25/h5-9,12,16H,10-11,13-15H2,1-4H3. The zero-order valence-electron chi connectivity index (χ0n) is 18.4. The molecule has 1 aliphatic heterocycles. The molecule has 2 amide bonds. The largest absolute Gasteiger partial charge is 0.444 e. The van der Waals surface area contributed by atoms with Gasteiger partial charge >= 0.3 is 6.09 Å². The lowest BCUT2D eigenvalue weighted by atomic mass is 10.0. The van der Waals surface area contributed by atoms with E-state index < -0.39 is 11.4 Å². The minimum Gasteiger partial charge on any atom is -0.444 e. The monoisotopic (exact) mass is 449 g/mol. The van der Waals surface area contributed by atoms with Gasteiger partial charge in [0.25, 0.3) is 5.91 Å². The van der Waals surface area contributed by atoms with Crippen LogP contribution < -0.4 is 0 Å². The predicted molar refractivity (Wildman–Crippen MR) is 118 cm³/mol. The van der Waals surface area contributed by atoms with E-state index in [0.717, 1.165) is 12.8 Å². The number of rotatable bonds is 4. The first-order chi connectivity index (χ1) is 14.6. The number of aromatic nitrogens is 1. The molecule has 0 saturated carbocycles. The van der Waals surface area contributed by atoms with Crippen LogP contribution in [0.4, 0.5) is 9.18 Å². The molecule has 168 valence electrons. The fraction of sp³-hybridized carbons (Fsp3) is 0.478. The van der Waals surface area contributed by atoms with Gasteiger partial charge in [-0.25, -0.2) is 9.18 Å². The first-order valence-corrected chi connectivity index (χ1v) is 10.8. The Labute approximate surface area is 187 Å². The molecule has 1 saturated heterocycles. The summed E-state index contributed by atoms with van der Waals surface area (Å²) in [5.41, 5.74) is 0.300. The Balaban J connectivity index is 1.66. The third-order valence-corrected chi connectivity index (χ3v) is 5.67. The lowest BCUT2D eigenvalue weighted by Crippen LogP contribution is -2.42. The van der Waals surface area contributed by atoms with Gasteiger partial charge in [0.15, 0.2) is 0 Å². The molecule has 2 heterocycles. The number of piperidine rings is 1. The Morgan fingerprint density at radius 2 is 1.87 bits per heavy atom. The summed E-state index contributed by atoms with van der Waals surface area (Å²) in [4.78, 5) is 28.5. The molecule has 2 aromatic rings. The molecule has 0 unspecified atom stereocenters. The van der Waals surface area contributed by atoms with E-state index in [9.17, 15) is 14.0 Å². The van der Waals surface area contributed by atoms with Gasteiger partial charge in [-0.3, -0.25) is 4.79 Å². The first-order valence-electron chi connectivity index (χ1n) is 10.4. The van der Waals surface area contributed by atoms with Crippen LogP contribution in [0.25, 0.3) is 0 Å². The maximum Gasteiger partial charge on any atom is 0.410 e. The van der Waals surface area contributed by atoms with Crippen LogP contribution >= 0.6 is 11.6 Å². The van der Waals surface area contributed by atoms with E-state index in [2.05, 4.69) is 0 Å². The van der Waals surface area contributed by atoms with Crippen LogP contribution in [0, 0.1) is 5.82 Å². The summed E-state index contributed by atoms with van der Waals surface area (Å²) in [7, 11) is 1.63. The van der Waals surface area contributed by atoms with Gasteiger partial charge in [0, 0.05) is 43.0 Å². The number of amides is 2. The second kappa shape index (κ2) is 9.30. The Kier molecular flexibility index (Phi) is 6.94. The summed E-state index contributed by atoms with van der Waals surface area (Å²) in [6.45, 7) is 6.74. The van der Waals surface area contributed by atoms with E-state index >= 15 is 0 Å². The van der Waals surface area contributed by atoms with Gasteiger partial charge in [0.05, 0.1) is 6.54 Å². The summed E-state index contributed by atoms with van der Waals surface area (Å²) in [5.74, 6) is -0.643. The fourth-order valence-corrected chi connectivity index (χ4v) is 3.96. The van der Waals surface area contributed by atoms with Gasteiger partial charge in [0.1, 0.15) is 17.1 Å². The number of likely N-dealkylation sites (tertiary alicyclic amines) is 1. The van der Waals surface area contributed by atoms with Gasteiger partial charge in [0.2, 0.25) is 0 Å². The Hall–Kier alpha value is -2.54. The summed E-state index contributed by atoms with van der Waals surface area (Å²) in [6.07, 6.45) is 3.01. The fourth-order valence-electron chi connectivity index (χ4n) is 3.73. The van der Waals surface area contributed by atoms with Crippen molar-refractivity contribution < 1.29 is 18.7 Å². The summed E-state index contributed by atoms with van der Waals surface area (Å²) < 4.78 is 21.5. The van der Waals surface area contributed by atoms with Crippen LogP contribution in [-0.4, -0.2) is 52.1 Å². The van der Waals surface area contributed by atoms with Crippen molar-refractivity contribution in [1.82, 2.24) is 14.4 Å². The molecule has 0 bridgehead atoms. The van der Waals surface area contributed by atoms with Crippen molar-refractivity contribution in [2.24, 2.45) is 0 Å². The zero-order chi connectivity index (χ0) is 22.8. The van der Waals surface area contributed by atoms with E-state index in [0.29, 0.717) is 29.4 Å². The van der Waals surface area contributed by atoms with E-state index in [1.165, 1.54) is 17.0 Å². The minimum atomic E-state index is -0.528. The second-order valence-corrected chi connectivity index (χ2v) is 9.27. The number of carbonyl (C=O) groups is 2. The highest BCUT2D eigenvalue weighted by atomic mass is 35.5. The number of halogens is 2. The van der Waals surface area contributed by atoms with Crippen molar-refractivity contribution in [2.45, 2.75) is 51.8 Å². The molecule has 1 aliphatic rings. The van der Waals surface area contributed by atoms with E-state index in [1.807, 2.05) is 37.6 Å². The van der Waals surface area contributed by atoms with E-state index in [4.69, 9.17) is 16.3 Å². The molecule has 8 heteroatoms. The molecular formula is C23H29ClFN3O3. The van der Waals surface area contributed by atoms with E-state index in [1.54, 1.807) is 24.1 Å². The molecule has 6 nitrogen and oxygen atoms in total. The molecular weight excluding hydrogens is 421 g/mol. The van der Waals surface area contributed by atoms with Crippen molar-refractivity contribution in [3.8, 4) is 0 Å². The molecule has 31 heavy (non-hydrogen) atoms. The zero-order valence-corrected chi connectivity index (χ0v) is 19.2. The van der Waals surface area contributed by atoms with Gasteiger partial charge in [-0.15, -0.1) is 0 Å². The average molecular weight is 450 g/mol. The minimum absolute atomic E-state index is 0.0760. The summed E-state index contributed by atoms with van der Waals surface area (Å²) >= 11 is 6.11. The number of ether oxygens (including phenoxy) is 1. The quantitative estimate of drug-likeness (QED) is 0.650. The lowest BCUT2D eigenvalue weighted by molar-refractivity contribution is 0.0186. The van der Waals surface area contributed by atoms with Gasteiger partial charge < -0.3 is 19.1 Å². The lowest BCUT2D eigenvalue weighted by Gasteiger charge is -2.34. The molecule has 0 N–H and O–H groups in total. The molecule has 1 aromatic heterocycles. The van der Waals surface area contributed by atoms with Crippen LogP contribution in [0.3, 0.4) is 0 Å². The Morgan fingerprint density at radius 3 is 2.48 bits per heavy atom. The van der Waals surface area contributed by atoms with Gasteiger partial charge in [-0.1, -0.05) is 17.7 Å².